The second kappa shape index (κ2) is 13.7. The Morgan fingerprint density at radius 2 is 1.55 bits per heavy atom. The van der Waals surface area contributed by atoms with E-state index >= 15 is 0 Å². The molecule has 4 aromatic rings. The predicted octanol–water partition coefficient (Wildman–Crippen LogP) is 0.994. The Morgan fingerprint density at radius 1 is 0.905 bits per heavy atom. The molecule has 1 fully saturated rings. The first-order valence-electron chi connectivity index (χ1n) is 13.9. The van der Waals surface area contributed by atoms with E-state index in [2.05, 4.69) is 30.5 Å². The summed E-state index contributed by atoms with van der Waals surface area (Å²) in [5, 5.41) is 41.0. The number of aliphatic hydroxyl groups excluding tert-OH is 3. The molecule has 0 saturated carbocycles. The van der Waals surface area contributed by atoms with Gasteiger partial charge in [-0.15, -0.1) is 5.10 Å². The van der Waals surface area contributed by atoms with Crippen molar-refractivity contribution >= 4 is 5.91 Å². The van der Waals surface area contributed by atoms with Gasteiger partial charge in [0, 0.05) is 44.5 Å². The van der Waals surface area contributed by atoms with Gasteiger partial charge in [-0.05, 0) is 48.4 Å². The number of hydrogen-bond acceptors (Lipinski definition) is 10. The molecule has 3 aromatic heterocycles. The summed E-state index contributed by atoms with van der Waals surface area (Å²) in [6.07, 6.45) is 0.698. The predicted molar refractivity (Wildman–Crippen MR) is 152 cm³/mol. The maximum absolute atomic E-state index is 12.6. The van der Waals surface area contributed by atoms with Crippen LogP contribution in [0.15, 0.2) is 79.3 Å². The zero-order chi connectivity index (χ0) is 29.5. The molecule has 42 heavy (non-hydrogen) atoms. The molecule has 4 N–H and O–H groups in total. The van der Waals surface area contributed by atoms with Gasteiger partial charge in [0.1, 0.15) is 12.2 Å². The molecule has 0 radical (unpaired) electrons. The molecule has 4 heterocycles. The molecular formula is C30H35N7O5. The smallest absolute Gasteiger partial charge is 0.249 e. The molecule has 5 atom stereocenters. The quantitative estimate of drug-likeness (QED) is 0.204. The van der Waals surface area contributed by atoms with Gasteiger partial charge in [0.05, 0.1) is 35.1 Å². The van der Waals surface area contributed by atoms with E-state index in [9.17, 15) is 20.1 Å². The van der Waals surface area contributed by atoms with Crippen molar-refractivity contribution in [3.05, 3.63) is 102 Å². The van der Waals surface area contributed by atoms with Crippen molar-refractivity contribution in [2.75, 3.05) is 6.54 Å². The van der Waals surface area contributed by atoms with Crippen LogP contribution in [0.3, 0.4) is 0 Å². The Morgan fingerprint density at radius 3 is 2.17 bits per heavy atom. The van der Waals surface area contributed by atoms with Crippen LogP contribution in [0.5, 0.6) is 0 Å². The standard InChI is InChI=1S/C30H35N7O5/c1-20-26(38)27(39)30(41)42-28(20)29(40)33-15-12-21-8-10-25(11-9-21)37-19-24(34-35-37)18-36(16-22-6-2-4-13-31-22)17-23-7-3-5-14-32-23/h2-11,13-14,19-20,26-28,30,38-39,41H,12,15-18H2,1H3,(H,33,40)/t20-,26+,27-,28+,30+/m1/s1. The Labute approximate surface area is 243 Å². The maximum atomic E-state index is 12.6. The lowest BCUT2D eigenvalue weighted by molar-refractivity contribution is -0.261. The van der Waals surface area contributed by atoms with Gasteiger partial charge < -0.3 is 25.4 Å². The number of carbonyl (C=O) groups is 1. The van der Waals surface area contributed by atoms with Gasteiger partial charge >= 0.3 is 0 Å². The van der Waals surface area contributed by atoms with Gasteiger partial charge in [-0.2, -0.15) is 0 Å². The second-order valence-corrected chi connectivity index (χ2v) is 10.4. The number of rotatable bonds is 11. The molecular weight excluding hydrogens is 538 g/mol. The van der Waals surface area contributed by atoms with Crippen LogP contribution >= 0.6 is 0 Å². The number of nitrogens with one attached hydrogen (secondary N) is 1. The Kier molecular flexibility index (Phi) is 9.62. The molecule has 0 bridgehead atoms. The van der Waals surface area contributed by atoms with E-state index in [1.54, 1.807) is 24.0 Å². The molecule has 0 spiro atoms. The molecule has 12 heteroatoms. The van der Waals surface area contributed by atoms with E-state index < -0.39 is 36.4 Å². The molecule has 5 rings (SSSR count). The zero-order valence-corrected chi connectivity index (χ0v) is 23.3. The summed E-state index contributed by atoms with van der Waals surface area (Å²) >= 11 is 0. The van der Waals surface area contributed by atoms with Crippen LogP contribution in [-0.4, -0.2) is 82.2 Å². The normalized spacial score (nSPS) is 22.3. The minimum atomic E-state index is -1.61. The molecule has 0 aliphatic carbocycles. The van der Waals surface area contributed by atoms with Gasteiger partial charge in [-0.1, -0.05) is 36.4 Å². The van der Waals surface area contributed by atoms with E-state index in [4.69, 9.17) is 4.74 Å². The zero-order valence-electron chi connectivity index (χ0n) is 23.3. The Hall–Kier alpha value is -4.07. The van der Waals surface area contributed by atoms with Crippen LogP contribution < -0.4 is 5.32 Å². The summed E-state index contributed by atoms with van der Waals surface area (Å²) in [4.78, 5) is 23.7. The van der Waals surface area contributed by atoms with Crippen LogP contribution in [0.2, 0.25) is 0 Å². The molecule has 12 nitrogen and oxygen atoms in total. The minimum absolute atomic E-state index is 0.343. The third kappa shape index (κ3) is 7.41. The lowest BCUT2D eigenvalue weighted by atomic mass is 9.90. The highest BCUT2D eigenvalue weighted by atomic mass is 16.6. The first-order valence-corrected chi connectivity index (χ1v) is 13.9. The van der Waals surface area contributed by atoms with E-state index in [1.165, 1.54) is 0 Å². The number of hydrogen-bond donors (Lipinski definition) is 4. The highest BCUT2D eigenvalue weighted by molar-refractivity contribution is 5.81. The summed E-state index contributed by atoms with van der Waals surface area (Å²) in [5.74, 6) is -1.10. The number of ether oxygens (including phenoxy) is 1. The largest absolute Gasteiger partial charge is 0.390 e. The Balaban J connectivity index is 1.16. The van der Waals surface area contributed by atoms with Crippen molar-refractivity contribution in [1.29, 1.82) is 0 Å². The second-order valence-electron chi connectivity index (χ2n) is 10.4. The topological polar surface area (TPSA) is 159 Å². The fraction of sp³-hybridized carbons (Fsp3) is 0.367. The highest BCUT2D eigenvalue weighted by Crippen LogP contribution is 2.25. The number of pyridine rings is 2. The third-order valence-electron chi connectivity index (χ3n) is 7.27. The molecule has 1 amide bonds. The number of benzene rings is 1. The first-order chi connectivity index (χ1) is 20.4. The fourth-order valence-electron chi connectivity index (χ4n) is 4.90. The molecule has 1 aromatic carbocycles. The van der Waals surface area contributed by atoms with Gasteiger partial charge in [0.15, 0.2) is 6.29 Å². The van der Waals surface area contributed by atoms with Crippen molar-refractivity contribution in [2.45, 2.75) is 57.6 Å². The number of amides is 1. The lowest BCUT2D eigenvalue weighted by Crippen LogP contribution is -2.57. The molecule has 1 aliphatic heterocycles. The molecule has 0 unspecified atom stereocenters. The van der Waals surface area contributed by atoms with Crippen LogP contribution in [0.4, 0.5) is 0 Å². The van der Waals surface area contributed by atoms with Gasteiger partial charge in [-0.3, -0.25) is 19.7 Å². The van der Waals surface area contributed by atoms with E-state index in [1.807, 2.05) is 66.9 Å². The van der Waals surface area contributed by atoms with Crippen LogP contribution in [0, 0.1) is 5.92 Å². The van der Waals surface area contributed by atoms with Crippen molar-refractivity contribution < 1.29 is 24.9 Å². The summed E-state index contributed by atoms with van der Waals surface area (Å²) < 4.78 is 6.93. The number of carbonyl (C=O) groups excluding carboxylic acids is 1. The van der Waals surface area contributed by atoms with E-state index in [-0.39, 0.29) is 0 Å². The Bertz CT molecular complexity index is 1380. The maximum Gasteiger partial charge on any atom is 0.249 e. The number of aliphatic hydroxyl groups is 3. The summed E-state index contributed by atoms with van der Waals surface area (Å²) in [7, 11) is 0. The van der Waals surface area contributed by atoms with Crippen LogP contribution in [0.25, 0.3) is 5.69 Å². The monoisotopic (exact) mass is 573 g/mol. The number of aromatic nitrogens is 5. The summed E-state index contributed by atoms with van der Waals surface area (Å²) in [6.45, 7) is 3.79. The SMILES string of the molecule is C[C@@H]1[C@H](O)[C@@H](O)[C@@H](O)O[C@@H]1C(=O)NCCc1ccc(-n2cc(CN(Cc3ccccn3)Cc3ccccn3)nn2)cc1. The average Bonchev–Trinajstić information content (AvgIpc) is 3.47. The fourth-order valence-corrected chi connectivity index (χ4v) is 4.90. The van der Waals surface area contributed by atoms with E-state index in [0.717, 1.165) is 28.3 Å². The molecule has 220 valence electrons. The minimum Gasteiger partial charge on any atom is -0.390 e. The lowest BCUT2D eigenvalue weighted by Gasteiger charge is -2.38. The van der Waals surface area contributed by atoms with Crippen LogP contribution in [0.1, 0.15) is 29.6 Å². The van der Waals surface area contributed by atoms with E-state index in [0.29, 0.717) is 32.6 Å². The van der Waals surface area contributed by atoms with Gasteiger partial charge in [0.25, 0.3) is 0 Å². The van der Waals surface area contributed by atoms with Crippen molar-refractivity contribution in [2.24, 2.45) is 5.92 Å². The van der Waals surface area contributed by atoms with Gasteiger partial charge in [-0.25, -0.2) is 4.68 Å². The molecule has 1 aliphatic rings. The van der Waals surface area contributed by atoms with Crippen molar-refractivity contribution in [3.8, 4) is 5.69 Å². The van der Waals surface area contributed by atoms with Crippen molar-refractivity contribution in [1.82, 2.24) is 35.2 Å². The summed E-state index contributed by atoms with van der Waals surface area (Å²) in [5.41, 5.74) is 4.60. The molecule has 1 saturated heterocycles. The highest BCUT2D eigenvalue weighted by Gasteiger charge is 2.44. The third-order valence-corrected chi connectivity index (χ3v) is 7.27. The summed E-state index contributed by atoms with van der Waals surface area (Å²) in [6, 6.07) is 19.5. The number of nitrogens with zero attached hydrogens (tertiary/aromatic N) is 6. The first kappa shape index (κ1) is 29.4. The van der Waals surface area contributed by atoms with Crippen molar-refractivity contribution in [3.63, 3.8) is 0 Å². The van der Waals surface area contributed by atoms with Gasteiger partial charge in [0.2, 0.25) is 5.91 Å². The average molecular weight is 574 g/mol. The van der Waals surface area contributed by atoms with Crippen LogP contribution in [-0.2, 0) is 35.6 Å².